The van der Waals surface area contributed by atoms with Crippen LogP contribution in [0.25, 0.3) is 11.4 Å². The Morgan fingerprint density at radius 3 is 2.84 bits per heavy atom. The van der Waals surface area contributed by atoms with Gasteiger partial charge in [-0.15, -0.1) is 0 Å². The van der Waals surface area contributed by atoms with E-state index in [0.29, 0.717) is 0 Å². The number of hydrogen-bond acceptors (Lipinski definition) is 6. The Balaban J connectivity index is 1.57. The molecule has 0 saturated carbocycles. The second-order valence-corrected chi connectivity index (χ2v) is 6.87. The maximum Gasteiger partial charge on any atom is 0.205 e. The number of rotatable bonds is 6. The van der Waals surface area contributed by atoms with Crippen LogP contribution in [-0.2, 0) is 11.3 Å². The van der Waals surface area contributed by atoms with E-state index in [4.69, 9.17) is 9.72 Å². The summed E-state index contributed by atoms with van der Waals surface area (Å²) >= 11 is 1.44. The summed E-state index contributed by atoms with van der Waals surface area (Å²) in [5.41, 5.74) is 2.21. The van der Waals surface area contributed by atoms with Crippen molar-refractivity contribution in [2.24, 2.45) is 0 Å². The van der Waals surface area contributed by atoms with E-state index in [1.165, 1.54) is 11.5 Å². The lowest BCUT2D eigenvalue weighted by atomic mass is 10.2. The second-order valence-electron chi connectivity index (χ2n) is 6.14. The maximum atomic E-state index is 5.83. The molecule has 5 nitrogen and oxygen atoms in total. The highest BCUT2D eigenvalue weighted by atomic mass is 32.1. The van der Waals surface area contributed by atoms with Crippen LogP contribution in [0.1, 0.15) is 18.4 Å². The summed E-state index contributed by atoms with van der Waals surface area (Å²) in [5, 5.41) is 0.929. The second kappa shape index (κ2) is 7.72. The van der Waals surface area contributed by atoms with E-state index < -0.39 is 0 Å². The summed E-state index contributed by atoms with van der Waals surface area (Å²) in [6.07, 6.45) is 6.21. The number of hydrogen-bond donors (Lipinski definition) is 0. The fourth-order valence-corrected chi connectivity index (χ4v) is 3.70. The zero-order valence-electron chi connectivity index (χ0n) is 13.9. The Morgan fingerprint density at radius 1 is 1.16 bits per heavy atom. The SMILES string of the molecule is c1ccc(-c2nsc(N(Cc3cccnc3)C[C@H]3CCCO3)n2)cc1. The van der Waals surface area contributed by atoms with Crippen LogP contribution in [-0.4, -0.2) is 33.6 Å². The molecule has 128 valence electrons. The summed E-state index contributed by atoms with van der Waals surface area (Å²) in [4.78, 5) is 11.3. The van der Waals surface area contributed by atoms with Crippen molar-refractivity contribution in [2.75, 3.05) is 18.1 Å². The molecule has 25 heavy (non-hydrogen) atoms. The van der Waals surface area contributed by atoms with Gasteiger partial charge in [-0.25, -0.2) is 0 Å². The van der Waals surface area contributed by atoms with Crippen molar-refractivity contribution in [3.63, 3.8) is 0 Å². The van der Waals surface area contributed by atoms with Crippen LogP contribution in [0.2, 0.25) is 0 Å². The smallest absolute Gasteiger partial charge is 0.205 e. The van der Waals surface area contributed by atoms with E-state index >= 15 is 0 Å². The lowest BCUT2D eigenvalue weighted by molar-refractivity contribution is 0.115. The quantitative estimate of drug-likeness (QED) is 0.676. The third-order valence-electron chi connectivity index (χ3n) is 4.26. The van der Waals surface area contributed by atoms with Gasteiger partial charge in [-0.05, 0) is 24.5 Å². The largest absolute Gasteiger partial charge is 0.376 e. The zero-order chi connectivity index (χ0) is 16.9. The molecule has 1 atom stereocenters. The number of anilines is 1. The van der Waals surface area contributed by atoms with Crippen molar-refractivity contribution in [3.05, 3.63) is 60.4 Å². The van der Waals surface area contributed by atoms with Crippen LogP contribution in [0.3, 0.4) is 0 Å². The summed E-state index contributed by atoms with van der Waals surface area (Å²) in [7, 11) is 0. The molecule has 2 aromatic heterocycles. The Bertz CT molecular complexity index is 787. The molecule has 1 aromatic carbocycles. The van der Waals surface area contributed by atoms with E-state index in [9.17, 15) is 0 Å². The fourth-order valence-electron chi connectivity index (χ4n) is 3.00. The highest BCUT2D eigenvalue weighted by molar-refractivity contribution is 7.09. The zero-order valence-corrected chi connectivity index (χ0v) is 14.7. The number of nitrogens with zero attached hydrogens (tertiary/aromatic N) is 4. The van der Waals surface area contributed by atoms with E-state index in [1.54, 1.807) is 6.20 Å². The highest BCUT2D eigenvalue weighted by Crippen LogP contribution is 2.26. The topological polar surface area (TPSA) is 51.1 Å². The van der Waals surface area contributed by atoms with E-state index in [-0.39, 0.29) is 6.10 Å². The average molecular weight is 352 g/mol. The van der Waals surface area contributed by atoms with Crippen molar-refractivity contribution in [1.29, 1.82) is 0 Å². The molecule has 0 amide bonds. The fraction of sp³-hybridized carbons (Fsp3) is 0.316. The van der Waals surface area contributed by atoms with Gasteiger partial charge in [0.15, 0.2) is 5.82 Å². The van der Waals surface area contributed by atoms with Crippen LogP contribution in [0.4, 0.5) is 5.13 Å². The minimum atomic E-state index is 0.265. The molecule has 6 heteroatoms. The van der Waals surface area contributed by atoms with Gasteiger partial charge >= 0.3 is 0 Å². The molecule has 3 aromatic rings. The molecule has 0 aliphatic carbocycles. The first-order valence-corrected chi connectivity index (χ1v) is 9.30. The molecule has 4 rings (SSSR count). The molecule has 0 N–H and O–H groups in total. The molecule has 1 aliphatic heterocycles. The van der Waals surface area contributed by atoms with Crippen molar-refractivity contribution in [1.82, 2.24) is 14.3 Å². The van der Waals surface area contributed by atoms with Gasteiger partial charge in [-0.2, -0.15) is 9.36 Å². The average Bonchev–Trinajstić information content (AvgIpc) is 3.35. The predicted molar refractivity (Wildman–Crippen MR) is 99.6 cm³/mol. The minimum Gasteiger partial charge on any atom is -0.376 e. The summed E-state index contributed by atoms with van der Waals surface area (Å²) in [6, 6.07) is 14.2. The molecule has 0 unspecified atom stereocenters. The number of aromatic nitrogens is 3. The van der Waals surface area contributed by atoms with Crippen LogP contribution in [0.15, 0.2) is 54.9 Å². The molecule has 0 spiro atoms. The summed E-state index contributed by atoms with van der Waals surface area (Å²) < 4.78 is 10.4. The predicted octanol–water partition coefficient (Wildman–Crippen LogP) is 3.79. The third-order valence-corrected chi connectivity index (χ3v) is 5.04. The third kappa shape index (κ3) is 4.03. The van der Waals surface area contributed by atoms with Crippen molar-refractivity contribution in [2.45, 2.75) is 25.5 Å². The van der Waals surface area contributed by atoms with Crippen molar-refractivity contribution < 1.29 is 4.74 Å². The van der Waals surface area contributed by atoms with Crippen LogP contribution in [0.5, 0.6) is 0 Å². The van der Waals surface area contributed by atoms with Gasteiger partial charge in [0.1, 0.15) is 0 Å². The first-order valence-electron chi connectivity index (χ1n) is 8.53. The highest BCUT2D eigenvalue weighted by Gasteiger charge is 2.22. The maximum absolute atomic E-state index is 5.83. The van der Waals surface area contributed by atoms with Crippen LogP contribution < -0.4 is 4.90 Å². The van der Waals surface area contributed by atoms with Crippen molar-refractivity contribution >= 4 is 16.7 Å². The van der Waals surface area contributed by atoms with E-state index in [0.717, 1.165) is 54.6 Å². The molecule has 1 aliphatic rings. The standard InChI is InChI=1S/C19H20N4OS/c1-2-7-16(8-3-1)18-21-19(25-22-18)23(14-17-9-5-11-24-17)13-15-6-4-10-20-12-15/h1-4,6-8,10,12,17H,5,9,11,13-14H2/t17-/m1/s1. The lowest BCUT2D eigenvalue weighted by Crippen LogP contribution is -2.31. The Morgan fingerprint density at radius 2 is 2.08 bits per heavy atom. The monoisotopic (exact) mass is 352 g/mol. The first-order chi connectivity index (χ1) is 12.4. The molecular formula is C19H20N4OS. The van der Waals surface area contributed by atoms with E-state index in [1.807, 2.05) is 42.6 Å². The molecule has 0 radical (unpaired) electrons. The Kier molecular flexibility index (Phi) is 4.99. The van der Waals surface area contributed by atoms with Crippen LogP contribution >= 0.6 is 11.5 Å². The van der Waals surface area contributed by atoms with Gasteiger partial charge in [0, 0.05) is 49.2 Å². The summed E-state index contributed by atoms with van der Waals surface area (Å²) in [6.45, 7) is 2.45. The van der Waals surface area contributed by atoms with Gasteiger partial charge in [0.2, 0.25) is 5.13 Å². The van der Waals surface area contributed by atoms with Crippen LogP contribution in [0, 0.1) is 0 Å². The number of benzene rings is 1. The molecule has 1 fully saturated rings. The van der Waals surface area contributed by atoms with E-state index in [2.05, 4.69) is 20.3 Å². The van der Waals surface area contributed by atoms with Gasteiger partial charge in [-0.1, -0.05) is 36.4 Å². The van der Waals surface area contributed by atoms with Gasteiger partial charge in [0.25, 0.3) is 0 Å². The van der Waals surface area contributed by atoms with Gasteiger partial charge < -0.3 is 9.64 Å². The summed E-state index contributed by atoms with van der Waals surface area (Å²) in [5.74, 6) is 0.782. The lowest BCUT2D eigenvalue weighted by Gasteiger charge is -2.24. The van der Waals surface area contributed by atoms with Crippen molar-refractivity contribution in [3.8, 4) is 11.4 Å². The number of pyridine rings is 1. The molecule has 1 saturated heterocycles. The molecule has 0 bridgehead atoms. The number of ether oxygens (including phenoxy) is 1. The first kappa shape index (κ1) is 16.2. The van der Waals surface area contributed by atoms with Gasteiger partial charge in [0.05, 0.1) is 6.10 Å². The normalized spacial score (nSPS) is 16.9. The Labute approximate surface area is 151 Å². The Hall–Kier alpha value is -2.31. The minimum absolute atomic E-state index is 0.265. The molecule has 3 heterocycles. The van der Waals surface area contributed by atoms with Gasteiger partial charge in [-0.3, -0.25) is 4.98 Å². The molecular weight excluding hydrogens is 332 g/mol.